The topological polar surface area (TPSA) is 78.5 Å². The molecule has 0 radical (unpaired) electrons. The molecule has 0 fully saturated rings. The Morgan fingerprint density at radius 2 is 1.93 bits per heavy atom. The molecule has 5 rings (SSSR count). The summed E-state index contributed by atoms with van der Waals surface area (Å²) >= 11 is 0. The maximum Gasteiger partial charge on any atom is 0.137 e. The van der Waals surface area contributed by atoms with Crippen molar-refractivity contribution in [3.8, 4) is 0 Å². The van der Waals surface area contributed by atoms with E-state index in [9.17, 15) is 0 Å². The summed E-state index contributed by atoms with van der Waals surface area (Å²) in [4.78, 5) is 16.2. The fraction of sp³-hybridized carbons (Fsp3) is 0.0417. The SMILES string of the molecule is C=C(Nc1ccc2ccncc2c1)c1cccnc1NCc1ccnc2[nH]ccc12. The molecule has 0 saturated heterocycles. The molecule has 6 nitrogen and oxygen atoms in total. The summed E-state index contributed by atoms with van der Waals surface area (Å²) in [5, 5.41) is 10.2. The van der Waals surface area contributed by atoms with Gasteiger partial charge in [0.1, 0.15) is 11.5 Å². The first-order valence-corrected chi connectivity index (χ1v) is 9.68. The number of hydrogen-bond donors (Lipinski definition) is 3. The van der Waals surface area contributed by atoms with E-state index < -0.39 is 0 Å². The van der Waals surface area contributed by atoms with Crippen LogP contribution < -0.4 is 10.6 Å². The Hall–Kier alpha value is -4.19. The van der Waals surface area contributed by atoms with E-state index in [0.717, 1.165) is 50.1 Å². The lowest BCUT2D eigenvalue weighted by molar-refractivity contribution is 1.11. The number of nitrogens with one attached hydrogen (secondary N) is 3. The first-order chi connectivity index (χ1) is 14.8. The molecule has 1 aromatic carbocycles. The summed E-state index contributed by atoms with van der Waals surface area (Å²) in [5.74, 6) is 0.776. The molecule has 0 bridgehead atoms. The van der Waals surface area contributed by atoms with Crippen molar-refractivity contribution in [1.29, 1.82) is 0 Å². The molecule has 0 aliphatic rings. The maximum atomic E-state index is 4.53. The zero-order valence-corrected chi connectivity index (χ0v) is 16.3. The average Bonchev–Trinajstić information content (AvgIpc) is 3.27. The molecule has 6 heteroatoms. The standard InChI is InChI=1S/C24H20N6/c1-16(30-20-5-4-17-6-10-25-14-19(17)13-20)21-3-2-9-26-23(21)29-15-18-7-11-27-24-22(18)8-12-28-24/h2-14,30H,1,15H2,(H,26,29)(H,27,28). The molecule has 30 heavy (non-hydrogen) atoms. The van der Waals surface area contributed by atoms with E-state index in [0.29, 0.717) is 6.54 Å². The zero-order chi connectivity index (χ0) is 20.3. The lowest BCUT2D eigenvalue weighted by Gasteiger charge is -2.15. The molecule has 3 N–H and O–H groups in total. The molecule has 4 aromatic heterocycles. The van der Waals surface area contributed by atoms with Crippen LogP contribution in [0.25, 0.3) is 27.5 Å². The van der Waals surface area contributed by atoms with E-state index in [2.05, 4.69) is 49.3 Å². The normalized spacial score (nSPS) is 10.9. The van der Waals surface area contributed by atoms with Gasteiger partial charge in [-0.15, -0.1) is 0 Å². The average molecular weight is 392 g/mol. The fourth-order valence-corrected chi connectivity index (χ4v) is 3.55. The predicted molar refractivity (Wildman–Crippen MR) is 122 cm³/mol. The van der Waals surface area contributed by atoms with Crippen molar-refractivity contribution in [3.05, 3.63) is 97.2 Å². The van der Waals surface area contributed by atoms with Crippen molar-refractivity contribution in [2.45, 2.75) is 6.54 Å². The van der Waals surface area contributed by atoms with E-state index in [1.807, 2.05) is 55.0 Å². The van der Waals surface area contributed by atoms with Crippen LogP contribution in [0.5, 0.6) is 0 Å². The van der Waals surface area contributed by atoms with Crippen molar-refractivity contribution >= 4 is 39.0 Å². The van der Waals surface area contributed by atoms with Crippen molar-refractivity contribution < 1.29 is 0 Å². The highest BCUT2D eigenvalue weighted by molar-refractivity contribution is 5.88. The first kappa shape index (κ1) is 17.9. The third-order valence-electron chi connectivity index (χ3n) is 5.07. The number of pyridine rings is 3. The van der Waals surface area contributed by atoms with Crippen LogP contribution in [-0.4, -0.2) is 19.9 Å². The minimum absolute atomic E-state index is 0.635. The van der Waals surface area contributed by atoms with Gasteiger partial charge in [0.25, 0.3) is 0 Å². The van der Waals surface area contributed by atoms with Gasteiger partial charge in [-0.05, 0) is 53.4 Å². The Balaban J connectivity index is 1.37. The molecule has 146 valence electrons. The minimum Gasteiger partial charge on any atom is -0.365 e. The summed E-state index contributed by atoms with van der Waals surface area (Å²) in [7, 11) is 0. The fourth-order valence-electron chi connectivity index (χ4n) is 3.55. The third-order valence-corrected chi connectivity index (χ3v) is 5.07. The van der Waals surface area contributed by atoms with Gasteiger partial charge in [-0.25, -0.2) is 9.97 Å². The Bertz CT molecular complexity index is 1350. The number of aromatic amines is 1. The van der Waals surface area contributed by atoms with Crippen LogP contribution >= 0.6 is 0 Å². The summed E-state index contributed by atoms with van der Waals surface area (Å²) < 4.78 is 0. The van der Waals surface area contributed by atoms with Crippen LogP contribution in [0.1, 0.15) is 11.1 Å². The van der Waals surface area contributed by atoms with Gasteiger partial charge in [0.05, 0.1) is 0 Å². The number of fused-ring (bicyclic) bond motifs is 2. The number of nitrogens with zero attached hydrogens (tertiary/aromatic N) is 3. The zero-order valence-electron chi connectivity index (χ0n) is 16.3. The van der Waals surface area contributed by atoms with Gasteiger partial charge in [-0.2, -0.15) is 0 Å². The Morgan fingerprint density at radius 1 is 0.967 bits per heavy atom. The number of hydrogen-bond acceptors (Lipinski definition) is 5. The summed E-state index contributed by atoms with van der Waals surface area (Å²) in [6, 6.07) is 16.1. The lowest BCUT2D eigenvalue weighted by Crippen LogP contribution is -2.07. The Morgan fingerprint density at radius 3 is 2.90 bits per heavy atom. The van der Waals surface area contributed by atoms with Crippen LogP contribution in [0.2, 0.25) is 0 Å². The first-order valence-electron chi connectivity index (χ1n) is 9.68. The van der Waals surface area contributed by atoms with Crippen molar-refractivity contribution in [1.82, 2.24) is 19.9 Å². The van der Waals surface area contributed by atoms with Crippen LogP contribution in [0.15, 0.2) is 86.1 Å². The molecule has 5 aromatic rings. The van der Waals surface area contributed by atoms with Crippen LogP contribution in [0, 0.1) is 0 Å². The number of rotatable bonds is 6. The quantitative estimate of drug-likeness (QED) is 0.370. The smallest absolute Gasteiger partial charge is 0.137 e. The van der Waals surface area contributed by atoms with E-state index in [-0.39, 0.29) is 0 Å². The van der Waals surface area contributed by atoms with Gasteiger partial charge < -0.3 is 15.6 Å². The van der Waals surface area contributed by atoms with Crippen molar-refractivity contribution in [3.63, 3.8) is 0 Å². The highest BCUT2D eigenvalue weighted by atomic mass is 15.0. The van der Waals surface area contributed by atoms with Gasteiger partial charge in [-0.3, -0.25) is 4.98 Å². The summed E-state index contributed by atoms with van der Waals surface area (Å²) in [6.45, 7) is 4.87. The molecular formula is C24H20N6. The second kappa shape index (κ2) is 7.67. The van der Waals surface area contributed by atoms with Crippen molar-refractivity contribution in [2.75, 3.05) is 10.6 Å². The molecule has 0 saturated carbocycles. The number of aromatic nitrogens is 4. The molecule has 0 unspecified atom stereocenters. The molecular weight excluding hydrogens is 372 g/mol. The molecule has 0 aliphatic carbocycles. The molecule has 4 heterocycles. The van der Waals surface area contributed by atoms with E-state index >= 15 is 0 Å². The third kappa shape index (κ3) is 3.46. The molecule has 0 spiro atoms. The van der Waals surface area contributed by atoms with Crippen LogP contribution in [-0.2, 0) is 6.54 Å². The monoisotopic (exact) mass is 392 g/mol. The minimum atomic E-state index is 0.635. The van der Waals surface area contributed by atoms with E-state index in [1.54, 1.807) is 12.4 Å². The van der Waals surface area contributed by atoms with Gasteiger partial charge >= 0.3 is 0 Å². The second-order valence-electron chi connectivity index (χ2n) is 7.00. The van der Waals surface area contributed by atoms with Gasteiger partial charge in [-0.1, -0.05) is 12.6 Å². The Labute approximate surface area is 173 Å². The highest BCUT2D eigenvalue weighted by Gasteiger charge is 2.09. The number of benzene rings is 1. The number of H-pyrrole nitrogens is 1. The number of anilines is 2. The summed E-state index contributed by atoms with van der Waals surface area (Å²) in [6.07, 6.45) is 9.14. The van der Waals surface area contributed by atoms with Crippen LogP contribution in [0.3, 0.4) is 0 Å². The van der Waals surface area contributed by atoms with Crippen molar-refractivity contribution in [2.24, 2.45) is 0 Å². The molecule has 0 amide bonds. The van der Waals surface area contributed by atoms with Gasteiger partial charge in [0, 0.05) is 65.2 Å². The Kier molecular flexibility index (Phi) is 4.57. The predicted octanol–water partition coefficient (Wildman–Crippen LogP) is 5.20. The maximum absolute atomic E-state index is 4.53. The van der Waals surface area contributed by atoms with Gasteiger partial charge in [0.15, 0.2) is 0 Å². The van der Waals surface area contributed by atoms with Crippen LogP contribution in [0.4, 0.5) is 11.5 Å². The lowest BCUT2D eigenvalue weighted by atomic mass is 10.1. The van der Waals surface area contributed by atoms with E-state index in [4.69, 9.17) is 0 Å². The largest absolute Gasteiger partial charge is 0.365 e. The van der Waals surface area contributed by atoms with Gasteiger partial charge in [0.2, 0.25) is 0 Å². The molecule has 0 atom stereocenters. The summed E-state index contributed by atoms with van der Waals surface area (Å²) in [5.41, 5.74) is 4.68. The van der Waals surface area contributed by atoms with E-state index in [1.165, 1.54) is 0 Å². The molecule has 0 aliphatic heterocycles. The second-order valence-corrected chi connectivity index (χ2v) is 7.00. The highest BCUT2D eigenvalue weighted by Crippen LogP contribution is 2.25.